The molecular weight excluding hydrogens is 529 g/mol. The maximum absolute atomic E-state index is 13.4. The van der Waals surface area contributed by atoms with E-state index in [-0.39, 0.29) is 12.6 Å². The molecule has 0 fully saturated rings. The molecule has 1 N–H and O–H groups in total. The van der Waals surface area contributed by atoms with Crippen molar-refractivity contribution in [1.29, 1.82) is 0 Å². The molecule has 0 saturated heterocycles. The first-order valence-corrected chi connectivity index (χ1v) is 14.4. The van der Waals surface area contributed by atoms with Gasteiger partial charge < -0.3 is 24.3 Å². The predicted octanol–water partition coefficient (Wildman–Crippen LogP) is 6.50. The lowest BCUT2D eigenvalue weighted by molar-refractivity contribution is -0.686. The smallest absolute Gasteiger partial charge is 0.231 e. The minimum Gasteiger partial charge on any atom is -0.493 e. The number of halogens is 1. The number of rotatable bonds is 9. The van der Waals surface area contributed by atoms with E-state index in [9.17, 15) is 4.39 Å². The zero-order chi connectivity index (χ0) is 27.1. The fourth-order valence-corrected chi connectivity index (χ4v) is 6.37. The second-order valence-corrected chi connectivity index (χ2v) is 11.1. The van der Waals surface area contributed by atoms with Gasteiger partial charge in [0.15, 0.2) is 40.9 Å². The average Bonchev–Trinajstić information content (AvgIpc) is 3.60. The Kier molecular flexibility index (Phi) is 6.51. The van der Waals surface area contributed by atoms with Crippen LogP contribution in [0.5, 0.6) is 23.0 Å². The standard InChI is InChI=1S/C31H29FN3O4S/c1-36-26-8-5-19-13-25-22-16-28-27(38-18-39-28)14-20(22)9-11-35(25)17-23(19)30(26)37-12-4-2-3-10-33-31-34-24-7-6-21(32)15-29(24)40-31/h5-8,13-17H,2-4,9-12,18H2,1H3,(H,33,34)/q+1. The first kappa shape index (κ1) is 24.9. The van der Waals surface area contributed by atoms with E-state index >= 15 is 0 Å². The van der Waals surface area contributed by atoms with Crippen LogP contribution in [-0.2, 0) is 13.0 Å². The molecule has 5 aromatic rings. The zero-order valence-electron chi connectivity index (χ0n) is 22.2. The Balaban J connectivity index is 1.01. The quantitative estimate of drug-likeness (QED) is 0.165. The Labute approximate surface area is 235 Å². The Morgan fingerprint density at radius 1 is 1.05 bits per heavy atom. The molecule has 2 aliphatic rings. The van der Waals surface area contributed by atoms with Gasteiger partial charge in [0, 0.05) is 19.0 Å². The molecule has 0 amide bonds. The second kappa shape index (κ2) is 10.5. The van der Waals surface area contributed by atoms with Crippen molar-refractivity contribution in [2.75, 3.05) is 32.4 Å². The average molecular weight is 559 g/mol. The third-order valence-electron chi connectivity index (χ3n) is 7.49. The van der Waals surface area contributed by atoms with Gasteiger partial charge in [-0.1, -0.05) is 11.3 Å². The summed E-state index contributed by atoms with van der Waals surface area (Å²) < 4.78 is 39.8. The Bertz CT molecular complexity index is 1740. The first-order valence-electron chi connectivity index (χ1n) is 13.6. The van der Waals surface area contributed by atoms with Crippen LogP contribution in [0.15, 0.2) is 54.7 Å². The van der Waals surface area contributed by atoms with E-state index in [1.807, 2.05) is 6.07 Å². The Hall–Kier alpha value is -4.11. The maximum atomic E-state index is 13.4. The molecular formula is C31H29FN3O4S+. The van der Waals surface area contributed by atoms with Crippen LogP contribution in [0.25, 0.3) is 32.2 Å². The van der Waals surface area contributed by atoms with E-state index in [0.717, 1.165) is 93.6 Å². The number of hydrogen-bond donors (Lipinski definition) is 1. The normalized spacial score (nSPS) is 13.3. The van der Waals surface area contributed by atoms with Gasteiger partial charge in [0.05, 0.1) is 34.9 Å². The molecule has 9 heteroatoms. The molecule has 2 aliphatic heterocycles. The number of methoxy groups -OCH3 is 1. The van der Waals surface area contributed by atoms with E-state index in [4.69, 9.17) is 18.9 Å². The Morgan fingerprint density at radius 3 is 2.85 bits per heavy atom. The van der Waals surface area contributed by atoms with Gasteiger partial charge >= 0.3 is 0 Å². The number of anilines is 1. The summed E-state index contributed by atoms with van der Waals surface area (Å²) in [5.41, 5.74) is 4.44. The van der Waals surface area contributed by atoms with Crippen molar-refractivity contribution >= 4 is 37.5 Å². The number of benzene rings is 3. The summed E-state index contributed by atoms with van der Waals surface area (Å²) >= 11 is 1.48. The summed E-state index contributed by atoms with van der Waals surface area (Å²) in [6, 6.07) is 15.2. The molecule has 0 spiro atoms. The number of nitrogens with zero attached hydrogens (tertiary/aromatic N) is 2. The zero-order valence-corrected chi connectivity index (χ0v) is 23.0. The molecule has 0 radical (unpaired) electrons. The number of hydrogen-bond acceptors (Lipinski definition) is 7. The van der Waals surface area contributed by atoms with E-state index < -0.39 is 0 Å². The predicted molar refractivity (Wildman–Crippen MR) is 153 cm³/mol. The van der Waals surface area contributed by atoms with Gasteiger partial charge in [-0.15, -0.1) is 0 Å². The van der Waals surface area contributed by atoms with E-state index in [0.29, 0.717) is 6.61 Å². The number of ether oxygens (including phenoxy) is 4. The van der Waals surface area contributed by atoms with Crippen LogP contribution < -0.4 is 28.8 Å². The minimum atomic E-state index is -0.233. The fourth-order valence-electron chi connectivity index (χ4n) is 5.45. The lowest BCUT2D eigenvalue weighted by Crippen LogP contribution is -2.40. The molecule has 0 saturated carbocycles. The molecule has 0 atom stereocenters. The summed E-state index contributed by atoms with van der Waals surface area (Å²) in [5.74, 6) is 2.92. The molecule has 40 heavy (non-hydrogen) atoms. The number of aryl methyl sites for hydroxylation is 2. The third kappa shape index (κ3) is 4.64. The van der Waals surface area contributed by atoms with Crippen molar-refractivity contribution in [2.24, 2.45) is 0 Å². The molecule has 3 aromatic carbocycles. The van der Waals surface area contributed by atoms with Crippen LogP contribution in [0, 0.1) is 5.82 Å². The molecule has 7 nitrogen and oxygen atoms in total. The van der Waals surface area contributed by atoms with Crippen LogP contribution >= 0.6 is 11.3 Å². The molecule has 7 rings (SSSR count). The molecule has 0 aliphatic carbocycles. The highest BCUT2D eigenvalue weighted by Gasteiger charge is 2.28. The highest BCUT2D eigenvalue weighted by atomic mass is 32.1. The van der Waals surface area contributed by atoms with Crippen LogP contribution in [-0.4, -0.2) is 32.0 Å². The van der Waals surface area contributed by atoms with Crippen molar-refractivity contribution in [1.82, 2.24) is 4.98 Å². The van der Waals surface area contributed by atoms with Crippen molar-refractivity contribution in [2.45, 2.75) is 32.2 Å². The van der Waals surface area contributed by atoms with Gasteiger partial charge in [-0.2, -0.15) is 4.57 Å². The molecule has 4 heterocycles. The van der Waals surface area contributed by atoms with Crippen LogP contribution in [0.2, 0.25) is 0 Å². The number of thiazole rings is 1. The van der Waals surface area contributed by atoms with Gasteiger partial charge in [-0.3, -0.25) is 0 Å². The maximum Gasteiger partial charge on any atom is 0.231 e. The monoisotopic (exact) mass is 558 g/mol. The molecule has 2 aromatic heterocycles. The summed E-state index contributed by atoms with van der Waals surface area (Å²) in [6.07, 6.45) is 6.03. The van der Waals surface area contributed by atoms with Crippen LogP contribution in [0.1, 0.15) is 24.8 Å². The van der Waals surface area contributed by atoms with Crippen molar-refractivity contribution in [3.05, 3.63) is 66.1 Å². The topological polar surface area (TPSA) is 65.7 Å². The summed E-state index contributed by atoms with van der Waals surface area (Å²) in [5, 5.41) is 6.33. The van der Waals surface area contributed by atoms with Gasteiger partial charge in [0.2, 0.25) is 12.5 Å². The number of fused-ring (bicyclic) bond motifs is 6. The molecule has 0 bridgehead atoms. The van der Waals surface area contributed by atoms with Crippen LogP contribution in [0.4, 0.5) is 9.52 Å². The summed E-state index contributed by atoms with van der Waals surface area (Å²) in [7, 11) is 1.68. The van der Waals surface area contributed by atoms with Crippen molar-refractivity contribution < 1.29 is 27.9 Å². The second-order valence-electron chi connectivity index (χ2n) is 10.0. The number of unbranched alkanes of at least 4 members (excludes halogenated alkanes) is 2. The van der Waals surface area contributed by atoms with Gasteiger partial charge in [-0.05, 0) is 72.7 Å². The number of pyridine rings is 1. The van der Waals surface area contributed by atoms with Crippen LogP contribution in [0.3, 0.4) is 0 Å². The Morgan fingerprint density at radius 2 is 1.95 bits per heavy atom. The van der Waals surface area contributed by atoms with E-state index in [2.05, 4.69) is 45.3 Å². The minimum absolute atomic E-state index is 0.233. The molecule has 204 valence electrons. The van der Waals surface area contributed by atoms with Gasteiger partial charge in [0.1, 0.15) is 5.82 Å². The number of nitrogens with one attached hydrogen (secondary N) is 1. The fraction of sp³-hybridized carbons (Fsp3) is 0.290. The number of aromatic nitrogens is 2. The van der Waals surface area contributed by atoms with Crippen molar-refractivity contribution in [3.8, 4) is 34.3 Å². The lowest BCUT2D eigenvalue weighted by atomic mass is 9.95. The molecule has 0 unspecified atom stereocenters. The van der Waals surface area contributed by atoms with Crippen molar-refractivity contribution in [3.63, 3.8) is 0 Å². The summed E-state index contributed by atoms with van der Waals surface area (Å²) in [6.45, 7) is 2.57. The lowest BCUT2D eigenvalue weighted by Gasteiger charge is -2.18. The summed E-state index contributed by atoms with van der Waals surface area (Å²) in [4.78, 5) is 4.52. The highest BCUT2D eigenvalue weighted by Crippen LogP contribution is 2.41. The first-order chi connectivity index (χ1) is 19.7. The largest absolute Gasteiger partial charge is 0.493 e. The van der Waals surface area contributed by atoms with Gasteiger partial charge in [0.25, 0.3) is 0 Å². The van der Waals surface area contributed by atoms with E-state index in [1.165, 1.54) is 34.6 Å². The highest BCUT2D eigenvalue weighted by molar-refractivity contribution is 7.22. The van der Waals surface area contributed by atoms with Gasteiger partial charge in [-0.25, -0.2) is 9.37 Å². The van der Waals surface area contributed by atoms with E-state index in [1.54, 1.807) is 13.2 Å². The third-order valence-corrected chi connectivity index (χ3v) is 8.47. The SMILES string of the molecule is COc1ccc2cc3[n+](cc2c1OCCCCCNc1nc2ccc(F)cc2s1)CCc1cc2c(cc1-3)OCO2.